The standard InChI is InChI=1S/C13H15F3O2/c1-3-12(2,11(17)18)8-9-5-4-6-10(7-9)13(14,15)16/h4-7H,3,8H2,1-2H3,(H,17,18). The second-order valence-corrected chi connectivity index (χ2v) is 4.59. The highest BCUT2D eigenvalue weighted by Crippen LogP contribution is 2.32. The maximum Gasteiger partial charge on any atom is 0.416 e. The van der Waals surface area contributed by atoms with Gasteiger partial charge in [-0.2, -0.15) is 13.2 Å². The molecule has 1 unspecified atom stereocenters. The van der Waals surface area contributed by atoms with Crippen molar-refractivity contribution in [1.29, 1.82) is 0 Å². The summed E-state index contributed by atoms with van der Waals surface area (Å²) in [5.41, 5.74) is -1.40. The molecule has 100 valence electrons. The van der Waals surface area contributed by atoms with Gasteiger partial charge in [0.2, 0.25) is 0 Å². The van der Waals surface area contributed by atoms with Crippen molar-refractivity contribution < 1.29 is 23.1 Å². The quantitative estimate of drug-likeness (QED) is 0.895. The third-order valence-electron chi connectivity index (χ3n) is 3.15. The molecule has 0 aliphatic heterocycles. The highest BCUT2D eigenvalue weighted by Gasteiger charge is 2.33. The van der Waals surface area contributed by atoms with Gasteiger partial charge in [-0.15, -0.1) is 0 Å². The molecule has 0 spiro atoms. The fourth-order valence-corrected chi connectivity index (χ4v) is 1.66. The van der Waals surface area contributed by atoms with Crippen LogP contribution in [0.25, 0.3) is 0 Å². The van der Waals surface area contributed by atoms with Crippen molar-refractivity contribution in [2.24, 2.45) is 5.41 Å². The second kappa shape index (κ2) is 5.00. The third kappa shape index (κ3) is 3.24. The van der Waals surface area contributed by atoms with Gasteiger partial charge in [0.15, 0.2) is 0 Å². The molecule has 0 bridgehead atoms. The van der Waals surface area contributed by atoms with E-state index in [1.54, 1.807) is 6.92 Å². The first kappa shape index (κ1) is 14.5. The molecule has 1 atom stereocenters. The zero-order valence-corrected chi connectivity index (χ0v) is 10.2. The van der Waals surface area contributed by atoms with Gasteiger partial charge in [-0.1, -0.05) is 25.1 Å². The zero-order valence-electron chi connectivity index (χ0n) is 10.2. The summed E-state index contributed by atoms with van der Waals surface area (Å²) < 4.78 is 37.6. The molecule has 5 heteroatoms. The van der Waals surface area contributed by atoms with Gasteiger partial charge in [-0.3, -0.25) is 4.79 Å². The van der Waals surface area contributed by atoms with E-state index in [1.165, 1.54) is 19.1 Å². The Hall–Kier alpha value is -1.52. The van der Waals surface area contributed by atoms with Crippen LogP contribution in [-0.4, -0.2) is 11.1 Å². The van der Waals surface area contributed by atoms with Gasteiger partial charge in [0.05, 0.1) is 11.0 Å². The van der Waals surface area contributed by atoms with Crippen LogP contribution < -0.4 is 0 Å². The van der Waals surface area contributed by atoms with Gasteiger partial charge < -0.3 is 5.11 Å². The van der Waals surface area contributed by atoms with Crippen LogP contribution in [0.3, 0.4) is 0 Å². The molecule has 0 heterocycles. The molecule has 0 aromatic heterocycles. The van der Waals surface area contributed by atoms with Gasteiger partial charge in [0.25, 0.3) is 0 Å². The average molecular weight is 260 g/mol. The fraction of sp³-hybridized carbons (Fsp3) is 0.462. The minimum atomic E-state index is -4.40. The Morgan fingerprint density at radius 1 is 1.33 bits per heavy atom. The number of rotatable bonds is 4. The summed E-state index contributed by atoms with van der Waals surface area (Å²) in [6.07, 6.45) is -3.96. The van der Waals surface area contributed by atoms with E-state index in [0.29, 0.717) is 12.0 Å². The van der Waals surface area contributed by atoms with E-state index in [9.17, 15) is 18.0 Å². The molecule has 2 nitrogen and oxygen atoms in total. The number of benzene rings is 1. The second-order valence-electron chi connectivity index (χ2n) is 4.59. The summed E-state index contributed by atoms with van der Waals surface area (Å²) in [5, 5.41) is 9.10. The number of carboxylic acid groups (broad SMARTS) is 1. The third-order valence-corrected chi connectivity index (χ3v) is 3.15. The summed E-state index contributed by atoms with van der Waals surface area (Å²) >= 11 is 0. The first-order valence-corrected chi connectivity index (χ1v) is 5.58. The summed E-state index contributed by atoms with van der Waals surface area (Å²) in [7, 11) is 0. The molecule has 18 heavy (non-hydrogen) atoms. The Balaban J connectivity index is 3.02. The smallest absolute Gasteiger partial charge is 0.416 e. The molecule has 1 N–H and O–H groups in total. The van der Waals surface area contributed by atoms with Crippen molar-refractivity contribution in [2.45, 2.75) is 32.9 Å². The van der Waals surface area contributed by atoms with E-state index in [1.807, 2.05) is 0 Å². The van der Waals surface area contributed by atoms with E-state index in [2.05, 4.69) is 0 Å². The van der Waals surface area contributed by atoms with Crippen LogP contribution in [0.2, 0.25) is 0 Å². The van der Waals surface area contributed by atoms with Crippen LogP contribution in [0.15, 0.2) is 24.3 Å². The highest BCUT2D eigenvalue weighted by molar-refractivity contribution is 5.74. The van der Waals surface area contributed by atoms with Gasteiger partial charge in [0, 0.05) is 0 Å². The van der Waals surface area contributed by atoms with Crippen molar-refractivity contribution in [3.8, 4) is 0 Å². The Morgan fingerprint density at radius 3 is 2.39 bits per heavy atom. The van der Waals surface area contributed by atoms with Crippen molar-refractivity contribution in [1.82, 2.24) is 0 Å². The molecular weight excluding hydrogens is 245 g/mol. The van der Waals surface area contributed by atoms with Crippen LogP contribution in [-0.2, 0) is 17.4 Å². The molecule has 0 fully saturated rings. The summed E-state index contributed by atoms with van der Waals surface area (Å²) in [6.45, 7) is 3.25. The normalized spacial score (nSPS) is 15.2. The largest absolute Gasteiger partial charge is 0.481 e. The van der Waals surface area contributed by atoms with Crippen LogP contribution in [0.4, 0.5) is 13.2 Å². The molecular formula is C13H15F3O2. The van der Waals surface area contributed by atoms with Gasteiger partial charge in [0.1, 0.15) is 0 Å². The predicted octanol–water partition coefficient (Wildman–Crippen LogP) is 3.75. The Labute approximate surface area is 103 Å². The van der Waals surface area contributed by atoms with Gasteiger partial charge >= 0.3 is 12.1 Å². The molecule has 1 rings (SSSR count). The monoisotopic (exact) mass is 260 g/mol. The van der Waals surface area contributed by atoms with Crippen molar-refractivity contribution in [2.75, 3.05) is 0 Å². The molecule has 0 saturated carbocycles. The fourth-order valence-electron chi connectivity index (χ4n) is 1.66. The zero-order chi connectivity index (χ0) is 14.0. The molecule has 1 aromatic carbocycles. The van der Waals surface area contributed by atoms with Crippen LogP contribution in [0.1, 0.15) is 31.4 Å². The lowest BCUT2D eigenvalue weighted by atomic mass is 9.81. The van der Waals surface area contributed by atoms with E-state index in [0.717, 1.165) is 12.1 Å². The molecule has 0 amide bonds. The minimum Gasteiger partial charge on any atom is -0.481 e. The molecule has 0 aliphatic carbocycles. The number of aliphatic carboxylic acids is 1. The Morgan fingerprint density at radius 2 is 1.94 bits per heavy atom. The summed E-state index contributed by atoms with van der Waals surface area (Å²) in [4.78, 5) is 11.1. The van der Waals surface area contributed by atoms with E-state index in [4.69, 9.17) is 5.11 Å². The lowest BCUT2D eigenvalue weighted by Gasteiger charge is -2.23. The van der Waals surface area contributed by atoms with Crippen molar-refractivity contribution >= 4 is 5.97 Å². The Kier molecular flexibility index (Phi) is 4.04. The number of alkyl halides is 3. The number of hydrogen-bond donors (Lipinski definition) is 1. The first-order valence-electron chi connectivity index (χ1n) is 5.58. The SMILES string of the molecule is CCC(C)(Cc1cccc(C(F)(F)F)c1)C(=O)O. The van der Waals surface area contributed by atoms with Crippen LogP contribution >= 0.6 is 0 Å². The first-order chi connectivity index (χ1) is 8.19. The molecule has 0 saturated heterocycles. The maximum atomic E-state index is 12.5. The van der Waals surface area contributed by atoms with Crippen LogP contribution in [0, 0.1) is 5.41 Å². The van der Waals surface area contributed by atoms with E-state index < -0.39 is 23.1 Å². The van der Waals surface area contributed by atoms with Crippen LogP contribution in [0.5, 0.6) is 0 Å². The lowest BCUT2D eigenvalue weighted by molar-refractivity contribution is -0.148. The maximum absolute atomic E-state index is 12.5. The van der Waals surface area contributed by atoms with E-state index in [-0.39, 0.29) is 6.42 Å². The minimum absolute atomic E-state index is 0.0861. The van der Waals surface area contributed by atoms with Gasteiger partial charge in [-0.25, -0.2) is 0 Å². The van der Waals surface area contributed by atoms with Gasteiger partial charge in [-0.05, 0) is 31.4 Å². The average Bonchev–Trinajstić information content (AvgIpc) is 2.28. The number of carbonyl (C=O) groups is 1. The molecule has 0 aliphatic rings. The Bertz CT molecular complexity index is 440. The molecule has 0 radical (unpaired) electrons. The highest BCUT2D eigenvalue weighted by atomic mass is 19.4. The van der Waals surface area contributed by atoms with Crippen molar-refractivity contribution in [3.05, 3.63) is 35.4 Å². The number of carboxylic acids is 1. The lowest BCUT2D eigenvalue weighted by Crippen LogP contribution is -2.29. The summed E-state index contributed by atoms with van der Waals surface area (Å²) in [6, 6.07) is 4.81. The van der Waals surface area contributed by atoms with Crippen molar-refractivity contribution in [3.63, 3.8) is 0 Å². The topological polar surface area (TPSA) is 37.3 Å². The van der Waals surface area contributed by atoms with E-state index >= 15 is 0 Å². The predicted molar refractivity (Wildman–Crippen MR) is 61.2 cm³/mol. The number of hydrogen-bond acceptors (Lipinski definition) is 1. The number of halogens is 3. The summed E-state index contributed by atoms with van der Waals surface area (Å²) in [5.74, 6) is -0.998. The molecule has 1 aromatic rings.